The van der Waals surface area contributed by atoms with E-state index in [2.05, 4.69) is 15.9 Å². The summed E-state index contributed by atoms with van der Waals surface area (Å²) in [6.45, 7) is 0. The number of aromatic nitrogens is 2. The molecular formula is C13H11BrN2O2. The Kier molecular flexibility index (Phi) is 2.28. The zero-order valence-electron chi connectivity index (χ0n) is 9.94. The molecule has 0 amide bonds. The summed E-state index contributed by atoms with van der Waals surface area (Å²) in [6.07, 6.45) is 0. The predicted octanol–water partition coefficient (Wildman–Crippen LogP) is 3.13. The van der Waals surface area contributed by atoms with Gasteiger partial charge in [-0.2, -0.15) is 0 Å². The van der Waals surface area contributed by atoms with Gasteiger partial charge >= 0.3 is 5.97 Å². The number of fused-ring (bicyclic) bond motifs is 3. The fourth-order valence-electron chi connectivity index (χ4n) is 2.53. The van der Waals surface area contributed by atoms with Crippen LogP contribution in [0.25, 0.3) is 21.9 Å². The zero-order chi connectivity index (χ0) is 13.0. The normalized spacial score (nSPS) is 11.5. The summed E-state index contributed by atoms with van der Waals surface area (Å²) in [5, 5.41) is 11.2. The fraction of sp³-hybridized carbons (Fsp3) is 0.154. The number of rotatable bonds is 1. The molecule has 3 aromatic rings. The number of hydrogen-bond acceptors (Lipinski definition) is 1. The number of halogens is 1. The Balaban J connectivity index is 2.54. The van der Waals surface area contributed by atoms with Crippen molar-refractivity contribution < 1.29 is 9.90 Å². The molecule has 0 saturated heterocycles. The van der Waals surface area contributed by atoms with Crippen molar-refractivity contribution in [3.63, 3.8) is 0 Å². The number of benzene rings is 1. The molecule has 1 N–H and O–H groups in total. The lowest BCUT2D eigenvalue weighted by Crippen LogP contribution is -2.05. The van der Waals surface area contributed by atoms with Gasteiger partial charge in [0, 0.05) is 29.3 Å². The Labute approximate surface area is 112 Å². The third-order valence-electron chi connectivity index (χ3n) is 3.35. The second-order valence-electron chi connectivity index (χ2n) is 4.35. The van der Waals surface area contributed by atoms with E-state index >= 15 is 0 Å². The molecule has 2 aromatic heterocycles. The summed E-state index contributed by atoms with van der Waals surface area (Å²) in [7, 11) is 3.73. The molecule has 3 rings (SSSR count). The number of aryl methyl sites for hydroxylation is 2. The molecule has 0 atom stereocenters. The average molecular weight is 307 g/mol. The van der Waals surface area contributed by atoms with Crippen LogP contribution in [0.15, 0.2) is 28.7 Å². The van der Waals surface area contributed by atoms with Crippen molar-refractivity contribution in [2.75, 3.05) is 0 Å². The topological polar surface area (TPSA) is 47.2 Å². The summed E-state index contributed by atoms with van der Waals surface area (Å²) in [6, 6.07) is 7.76. The Bertz CT molecular complexity index is 798. The quantitative estimate of drug-likeness (QED) is 0.751. The third-order valence-corrected chi connectivity index (χ3v) is 3.84. The van der Waals surface area contributed by atoms with Crippen molar-refractivity contribution in [1.29, 1.82) is 0 Å². The minimum Gasteiger partial charge on any atom is -0.477 e. The van der Waals surface area contributed by atoms with Crippen LogP contribution in [0, 0.1) is 0 Å². The molecule has 1 aromatic carbocycles. The molecule has 0 bridgehead atoms. The van der Waals surface area contributed by atoms with Gasteiger partial charge in [-0.1, -0.05) is 15.9 Å². The largest absolute Gasteiger partial charge is 0.477 e. The highest BCUT2D eigenvalue weighted by Gasteiger charge is 2.18. The first-order valence-electron chi connectivity index (χ1n) is 5.47. The number of hydrogen-bond donors (Lipinski definition) is 1. The van der Waals surface area contributed by atoms with Crippen molar-refractivity contribution in [2.45, 2.75) is 0 Å². The van der Waals surface area contributed by atoms with Crippen LogP contribution in [0.3, 0.4) is 0 Å². The monoisotopic (exact) mass is 306 g/mol. The van der Waals surface area contributed by atoms with E-state index in [9.17, 15) is 4.79 Å². The molecule has 0 saturated carbocycles. The van der Waals surface area contributed by atoms with Gasteiger partial charge in [0.2, 0.25) is 0 Å². The standard InChI is InChI=1S/C13H11BrN2O2/c1-15-10-4-3-7(14)5-8(10)9-6-11(13(17)18)16(2)12(9)15/h3-6H,1-2H3,(H,17,18). The Morgan fingerprint density at radius 3 is 2.56 bits per heavy atom. The highest BCUT2D eigenvalue weighted by atomic mass is 79.9. The Morgan fingerprint density at radius 2 is 1.89 bits per heavy atom. The summed E-state index contributed by atoms with van der Waals surface area (Å²) in [5.74, 6) is -0.906. The molecule has 0 aliphatic rings. The molecule has 0 unspecified atom stereocenters. The maximum atomic E-state index is 11.2. The number of carbonyl (C=O) groups is 1. The smallest absolute Gasteiger partial charge is 0.352 e. The van der Waals surface area contributed by atoms with E-state index in [4.69, 9.17) is 5.11 Å². The van der Waals surface area contributed by atoms with Crippen LogP contribution in [-0.2, 0) is 14.1 Å². The van der Waals surface area contributed by atoms with Gasteiger partial charge in [0.25, 0.3) is 0 Å². The van der Waals surface area contributed by atoms with Crippen molar-refractivity contribution in [2.24, 2.45) is 14.1 Å². The summed E-state index contributed by atoms with van der Waals surface area (Å²) < 4.78 is 4.72. The minimum absolute atomic E-state index is 0.303. The number of aromatic carboxylic acids is 1. The first-order chi connectivity index (χ1) is 8.50. The van der Waals surface area contributed by atoms with Crippen molar-refractivity contribution in [3.05, 3.63) is 34.4 Å². The third kappa shape index (κ3) is 1.34. The molecule has 0 aliphatic carbocycles. The van der Waals surface area contributed by atoms with Gasteiger partial charge in [0.15, 0.2) is 0 Å². The molecule has 0 radical (unpaired) electrons. The van der Waals surface area contributed by atoms with E-state index in [1.165, 1.54) is 0 Å². The molecule has 0 spiro atoms. The van der Waals surface area contributed by atoms with Crippen LogP contribution in [-0.4, -0.2) is 20.2 Å². The molecule has 0 fully saturated rings. The van der Waals surface area contributed by atoms with Gasteiger partial charge in [-0.05, 0) is 24.3 Å². The minimum atomic E-state index is -0.906. The second-order valence-corrected chi connectivity index (χ2v) is 5.27. The summed E-state index contributed by atoms with van der Waals surface area (Å²) >= 11 is 3.45. The van der Waals surface area contributed by atoms with Crippen molar-refractivity contribution in [3.8, 4) is 0 Å². The molecule has 18 heavy (non-hydrogen) atoms. The van der Waals surface area contributed by atoms with E-state index in [0.717, 1.165) is 26.4 Å². The van der Waals surface area contributed by atoms with Crippen LogP contribution in [0.4, 0.5) is 0 Å². The fourth-order valence-corrected chi connectivity index (χ4v) is 2.89. The molecule has 0 aliphatic heterocycles. The molecule has 92 valence electrons. The summed E-state index contributed by atoms with van der Waals surface area (Å²) in [4.78, 5) is 11.2. The SMILES string of the molecule is Cn1c(C(=O)O)cc2c3cc(Br)ccc3n(C)c21. The first-order valence-corrected chi connectivity index (χ1v) is 6.26. The number of carboxylic acids is 1. The molecule has 4 nitrogen and oxygen atoms in total. The van der Waals surface area contributed by atoms with Gasteiger partial charge < -0.3 is 14.2 Å². The van der Waals surface area contributed by atoms with Crippen LogP contribution in [0.5, 0.6) is 0 Å². The van der Waals surface area contributed by atoms with Gasteiger partial charge in [-0.25, -0.2) is 4.79 Å². The van der Waals surface area contributed by atoms with Crippen LogP contribution in [0.2, 0.25) is 0 Å². The van der Waals surface area contributed by atoms with Crippen LogP contribution >= 0.6 is 15.9 Å². The number of carboxylic acid groups (broad SMARTS) is 1. The van der Waals surface area contributed by atoms with Crippen molar-refractivity contribution in [1.82, 2.24) is 9.13 Å². The number of nitrogens with zero attached hydrogens (tertiary/aromatic N) is 2. The van der Waals surface area contributed by atoms with Crippen LogP contribution < -0.4 is 0 Å². The lowest BCUT2D eigenvalue weighted by molar-refractivity contribution is 0.0687. The van der Waals surface area contributed by atoms with E-state index < -0.39 is 5.97 Å². The zero-order valence-corrected chi connectivity index (χ0v) is 11.5. The molecular weight excluding hydrogens is 296 g/mol. The molecule has 2 heterocycles. The van der Waals surface area contributed by atoms with Gasteiger partial charge in [-0.15, -0.1) is 0 Å². The van der Waals surface area contributed by atoms with Gasteiger partial charge in [0.1, 0.15) is 11.3 Å². The Hall–Kier alpha value is -1.75. The lowest BCUT2D eigenvalue weighted by atomic mass is 10.2. The predicted molar refractivity (Wildman–Crippen MR) is 74.1 cm³/mol. The van der Waals surface area contributed by atoms with E-state index in [1.54, 1.807) is 17.7 Å². The Morgan fingerprint density at radius 1 is 1.17 bits per heavy atom. The molecule has 5 heteroatoms. The average Bonchev–Trinajstić information content (AvgIpc) is 2.77. The highest BCUT2D eigenvalue weighted by Crippen LogP contribution is 2.32. The maximum absolute atomic E-state index is 11.2. The summed E-state index contributed by atoms with van der Waals surface area (Å²) in [5.41, 5.74) is 2.31. The van der Waals surface area contributed by atoms with Gasteiger partial charge in [0.05, 0.1) is 5.52 Å². The lowest BCUT2D eigenvalue weighted by Gasteiger charge is -2.03. The van der Waals surface area contributed by atoms with E-state index in [0.29, 0.717) is 5.69 Å². The maximum Gasteiger partial charge on any atom is 0.352 e. The highest BCUT2D eigenvalue weighted by molar-refractivity contribution is 9.10. The van der Waals surface area contributed by atoms with E-state index in [-0.39, 0.29) is 0 Å². The van der Waals surface area contributed by atoms with Crippen LogP contribution in [0.1, 0.15) is 10.5 Å². The second kappa shape index (κ2) is 3.62. The van der Waals surface area contributed by atoms with Crippen molar-refractivity contribution >= 4 is 43.8 Å². The van der Waals surface area contributed by atoms with Gasteiger partial charge in [-0.3, -0.25) is 0 Å². The first kappa shape index (κ1) is 11.3. The van der Waals surface area contributed by atoms with E-state index in [1.807, 2.05) is 29.8 Å².